The molecule has 0 fully saturated rings. The standard InChI is InChI=1S/C6H9ClN2O2S/c1-5(2)9-4-6(3-8-9)12(7,10)11/h3-5H,1-2H3. The second kappa shape index (κ2) is 3.06. The van der Waals surface area contributed by atoms with Gasteiger partial charge in [0.25, 0.3) is 9.05 Å². The highest BCUT2D eigenvalue weighted by molar-refractivity contribution is 8.13. The second-order valence-corrected chi connectivity index (χ2v) is 5.25. The molecule has 0 saturated heterocycles. The first-order valence-corrected chi connectivity index (χ1v) is 5.71. The minimum atomic E-state index is -3.63. The summed E-state index contributed by atoms with van der Waals surface area (Å²) in [5, 5.41) is 3.84. The van der Waals surface area contributed by atoms with Crippen molar-refractivity contribution in [2.45, 2.75) is 24.8 Å². The molecule has 0 aliphatic heterocycles. The predicted octanol–water partition coefficient (Wildman–Crippen LogP) is 1.39. The molecular formula is C6H9ClN2O2S. The molecule has 0 spiro atoms. The van der Waals surface area contributed by atoms with E-state index in [9.17, 15) is 8.42 Å². The van der Waals surface area contributed by atoms with Crippen molar-refractivity contribution in [3.63, 3.8) is 0 Å². The van der Waals surface area contributed by atoms with Gasteiger partial charge in [0.1, 0.15) is 4.90 Å². The van der Waals surface area contributed by atoms with Crippen LogP contribution in [0.15, 0.2) is 17.3 Å². The van der Waals surface area contributed by atoms with Gasteiger partial charge in [0.05, 0.1) is 6.20 Å². The monoisotopic (exact) mass is 208 g/mol. The Morgan fingerprint density at radius 2 is 2.17 bits per heavy atom. The van der Waals surface area contributed by atoms with E-state index in [4.69, 9.17) is 10.7 Å². The summed E-state index contributed by atoms with van der Waals surface area (Å²) in [6, 6.07) is 0.136. The molecule has 0 radical (unpaired) electrons. The van der Waals surface area contributed by atoms with Crippen LogP contribution in [0.2, 0.25) is 0 Å². The number of rotatable bonds is 2. The lowest BCUT2D eigenvalue weighted by molar-refractivity contribution is 0.531. The summed E-state index contributed by atoms with van der Waals surface area (Å²) in [7, 11) is 1.47. The van der Waals surface area contributed by atoms with E-state index in [1.807, 2.05) is 13.8 Å². The molecule has 0 bridgehead atoms. The van der Waals surface area contributed by atoms with Gasteiger partial charge in [-0.25, -0.2) is 8.42 Å². The first kappa shape index (κ1) is 9.54. The zero-order chi connectivity index (χ0) is 9.35. The molecular weight excluding hydrogens is 200 g/mol. The first-order valence-electron chi connectivity index (χ1n) is 3.40. The predicted molar refractivity (Wildman–Crippen MR) is 45.7 cm³/mol. The van der Waals surface area contributed by atoms with Crippen molar-refractivity contribution in [3.05, 3.63) is 12.4 Å². The minimum absolute atomic E-state index is 0.0397. The van der Waals surface area contributed by atoms with Gasteiger partial charge in [0.15, 0.2) is 0 Å². The quantitative estimate of drug-likeness (QED) is 0.691. The third kappa shape index (κ3) is 1.98. The van der Waals surface area contributed by atoms with E-state index in [0.29, 0.717) is 0 Å². The normalized spacial score (nSPS) is 12.3. The van der Waals surface area contributed by atoms with Crippen molar-refractivity contribution < 1.29 is 8.42 Å². The number of hydrogen-bond acceptors (Lipinski definition) is 3. The minimum Gasteiger partial charge on any atom is -0.269 e. The van der Waals surface area contributed by atoms with Gasteiger partial charge in [0, 0.05) is 22.9 Å². The highest BCUT2D eigenvalue weighted by atomic mass is 35.7. The van der Waals surface area contributed by atoms with Crippen molar-refractivity contribution in [3.8, 4) is 0 Å². The molecule has 0 atom stereocenters. The third-order valence-electron chi connectivity index (χ3n) is 1.39. The zero-order valence-corrected chi connectivity index (χ0v) is 8.30. The van der Waals surface area contributed by atoms with Crippen molar-refractivity contribution in [2.24, 2.45) is 0 Å². The fourth-order valence-corrected chi connectivity index (χ4v) is 1.37. The van der Waals surface area contributed by atoms with Crippen molar-refractivity contribution >= 4 is 19.7 Å². The maximum Gasteiger partial charge on any atom is 0.264 e. The summed E-state index contributed by atoms with van der Waals surface area (Å²) in [6.07, 6.45) is 2.65. The van der Waals surface area contributed by atoms with Crippen LogP contribution in [0, 0.1) is 0 Å². The molecule has 1 aromatic heterocycles. The Labute approximate surface area is 75.6 Å². The van der Waals surface area contributed by atoms with E-state index in [2.05, 4.69) is 5.10 Å². The highest BCUT2D eigenvalue weighted by Gasteiger charge is 2.13. The van der Waals surface area contributed by atoms with E-state index in [1.165, 1.54) is 17.1 Å². The van der Waals surface area contributed by atoms with Crippen LogP contribution in [0.3, 0.4) is 0 Å². The molecule has 0 amide bonds. The Hall–Kier alpha value is -0.550. The van der Waals surface area contributed by atoms with Gasteiger partial charge in [-0.15, -0.1) is 0 Å². The Morgan fingerprint density at radius 1 is 1.58 bits per heavy atom. The van der Waals surface area contributed by atoms with E-state index in [1.54, 1.807) is 0 Å². The summed E-state index contributed by atoms with van der Waals surface area (Å²) in [6.45, 7) is 3.80. The van der Waals surface area contributed by atoms with Crippen molar-refractivity contribution in [1.82, 2.24) is 9.78 Å². The third-order valence-corrected chi connectivity index (χ3v) is 2.70. The van der Waals surface area contributed by atoms with E-state index < -0.39 is 9.05 Å². The number of hydrogen-bond donors (Lipinski definition) is 0. The summed E-state index contributed by atoms with van der Waals surface area (Å²) in [4.78, 5) is 0.0397. The SMILES string of the molecule is CC(C)n1cc(S(=O)(=O)Cl)cn1. The smallest absolute Gasteiger partial charge is 0.264 e. The molecule has 1 heterocycles. The molecule has 0 N–H and O–H groups in total. The van der Waals surface area contributed by atoms with Crippen LogP contribution in [0.25, 0.3) is 0 Å². The Balaban J connectivity index is 3.09. The maximum atomic E-state index is 10.8. The van der Waals surface area contributed by atoms with Crippen LogP contribution in [0.4, 0.5) is 0 Å². The first-order chi connectivity index (χ1) is 5.41. The van der Waals surface area contributed by atoms with Crippen LogP contribution >= 0.6 is 10.7 Å². The fourth-order valence-electron chi connectivity index (χ4n) is 0.729. The molecule has 4 nitrogen and oxygen atoms in total. The largest absolute Gasteiger partial charge is 0.269 e. The van der Waals surface area contributed by atoms with Crippen molar-refractivity contribution in [2.75, 3.05) is 0 Å². The molecule has 6 heteroatoms. The van der Waals surface area contributed by atoms with E-state index in [0.717, 1.165) is 0 Å². The average Bonchev–Trinajstić information content (AvgIpc) is 2.30. The molecule has 0 aromatic carbocycles. The van der Waals surface area contributed by atoms with Crippen LogP contribution in [-0.2, 0) is 9.05 Å². The van der Waals surface area contributed by atoms with Crippen molar-refractivity contribution in [1.29, 1.82) is 0 Å². The van der Waals surface area contributed by atoms with E-state index >= 15 is 0 Å². The van der Waals surface area contributed by atoms with Gasteiger partial charge in [-0.05, 0) is 13.8 Å². The maximum absolute atomic E-state index is 10.8. The summed E-state index contributed by atoms with van der Waals surface area (Å²) in [5.74, 6) is 0. The van der Waals surface area contributed by atoms with Gasteiger partial charge >= 0.3 is 0 Å². The molecule has 0 aliphatic carbocycles. The van der Waals surface area contributed by atoms with Gasteiger partial charge in [-0.1, -0.05) is 0 Å². The molecule has 68 valence electrons. The van der Waals surface area contributed by atoms with Crippen LogP contribution < -0.4 is 0 Å². The average molecular weight is 209 g/mol. The number of nitrogens with zero attached hydrogens (tertiary/aromatic N) is 2. The Bertz CT molecular complexity index is 369. The topological polar surface area (TPSA) is 52.0 Å². The number of aromatic nitrogens is 2. The summed E-state index contributed by atoms with van der Waals surface area (Å²) in [5.41, 5.74) is 0. The van der Waals surface area contributed by atoms with Gasteiger partial charge in [-0.2, -0.15) is 5.10 Å². The van der Waals surface area contributed by atoms with Crippen LogP contribution in [-0.4, -0.2) is 18.2 Å². The van der Waals surface area contributed by atoms with Crippen LogP contribution in [0.5, 0.6) is 0 Å². The second-order valence-electron chi connectivity index (χ2n) is 2.69. The lowest BCUT2D eigenvalue weighted by Crippen LogP contribution is -2.00. The lowest BCUT2D eigenvalue weighted by Gasteiger charge is -2.02. The number of halogens is 1. The fraction of sp³-hybridized carbons (Fsp3) is 0.500. The van der Waals surface area contributed by atoms with Gasteiger partial charge in [-0.3, -0.25) is 4.68 Å². The Kier molecular flexibility index (Phi) is 2.44. The lowest BCUT2D eigenvalue weighted by atomic mass is 10.4. The zero-order valence-electron chi connectivity index (χ0n) is 6.73. The van der Waals surface area contributed by atoms with Crippen LogP contribution in [0.1, 0.15) is 19.9 Å². The molecule has 0 saturated carbocycles. The molecule has 1 aromatic rings. The van der Waals surface area contributed by atoms with Gasteiger partial charge in [0.2, 0.25) is 0 Å². The highest BCUT2D eigenvalue weighted by Crippen LogP contribution is 2.14. The molecule has 0 aliphatic rings. The van der Waals surface area contributed by atoms with Gasteiger partial charge < -0.3 is 0 Å². The molecule has 0 unspecified atom stereocenters. The van der Waals surface area contributed by atoms with E-state index in [-0.39, 0.29) is 10.9 Å². The summed E-state index contributed by atoms with van der Waals surface area (Å²) < 4.78 is 23.1. The molecule has 1 rings (SSSR count). The summed E-state index contributed by atoms with van der Waals surface area (Å²) >= 11 is 0. The Morgan fingerprint density at radius 3 is 2.42 bits per heavy atom. The molecule has 12 heavy (non-hydrogen) atoms.